The van der Waals surface area contributed by atoms with Crippen molar-refractivity contribution in [3.05, 3.63) is 101 Å². The number of rotatable bonds is 4. The van der Waals surface area contributed by atoms with Gasteiger partial charge in [0.25, 0.3) is 11.8 Å². The van der Waals surface area contributed by atoms with Crippen LogP contribution in [0.5, 0.6) is 0 Å². The molecule has 30 heavy (non-hydrogen) atoms. The van der Waals surface area contributed by atoms with Crippen molar-refractivity contribution >= 4 is 41.0 Å². The molecule has 0 atom stereocenters. The molecular weight excluding hydrogens is 404 g/mol. The first kappa shape index (κ1) is 20.8. The summed E-state index contributed by atoms with van der Waals surface area (Å²) in [5, 5.41) is 5.56. The van der Waals surface area contributed by atoms with Crippen molar-refractivity contribution in [1.29, 1.82) is 0 Å². The van der Waals surface area contributed by atoms with Crippen LogP contribution < -0.4 is 16.4 Å². The Morgan fingerprint density at radius 3 is 1.93 bits per heavy atom. The van der Waals surface area contributed by atoms with Gasteiger partial charge < -0.3 is 5.73 Å². The number of aliphatic imine (C=N–C) groups is 1. The van der Waals surface area contributed by atoms with Gasteiger partial charge in [-0.2, -0.15) is 0 Å². The first-order valence-electron chi connectivity index (χ1n) is 8.84. The zero-order valence-corrected chi connectivity index (χ0v) is 16.4. The molecule has 3 amide bonds. The summed E-state index contributed by atoms with van der Waals surface area (Å²) < 4.78 is 0. The van der Waals surface area contributed by atoms with Gasteiger partial charge in [0.15, 0.2) is 0 Å². The van der Waals surface area contributed by atoms with Gasteiger partial charge in [0, 0.05) is 21.7 Å². The number of primary amides is 1. The molecule has 0 aliphatic carbocycles. The molecule has 0 aliphatic heterocycles. The smallest absolute Gasteiger partial charge is 0.258 e. The maximum atomic E-state index is 12.6. The van der Waals surface area contributed by atoms with Crippen molar-refractivity contribution in [3.63, 3.8) is 0 Å². The van der Waals surface area contributed by atoms with Crippen LogP contribution in [0.25, 0.3) is 0 Å². The maximum Gasteiger partial charge on any atom is 0.258 e. The minimum absolute atomic E-state index is 0.0827. The Bertz CT molecular complexity index is 1110. The average Bonchev–Trinajstić information content (AvgIpc) is 2.74. The summed E-state index contributed by atoms with van der Waals surface area (Å²) in [4.78, 5) is 40.6. The lowest BCUT2D eigenvalue weighted by molar-refractivity contribution is 0.0963. The first-order valence-corrected chi connectivity index (χ1v) is 9.22. The molecule has 3 rings (SSSR count). The van der Waals surface area contributed by atoms with E-state index in [1.54, 1.807) is 60.7 Å². The van der Waals surface area contributed by atoms with Crippen LogP contribution >= 0.6 is 11.6 Å². The molecule has 150 valence electrons. The topological polar surface area (TPSA) is 114 Å². The molecule has 8 heteroatoms. The number of carbonyl (C=O) groups excluding carboxylic acids is 3. The second-order valence-corrected chi connectivity index (χ2v) is 6.59. The maximum absolute atomic E-state index is 12.6. The molecule has 0 radical (unpaired) electrons. The number of hydrogen-bond donors (Lipinski definition) is 3. The number of nitrogens with two attached hydrogens (primary N) is 1. The van der Waals surface area contributed by atoms with Gasteiger partial charge in [-0.05, 0) is 54.6 Å². The van der Waals surface area contributed by atoms with E-state index in [-0.39, 0.29) is 5.96 Å². The number of nitrogens with zero attached hydrogens (tertiary/aromatic N) is 1. The van der Waals surface area contributed by atoms with Gasteiger partial charge in [-0.3, -0.25) is 25.0 Å². The van der Waals surface area contributed by atoms with Crippen molar-refractivity contribution in [3.8, 4) is 0 Å². The predicted octanol–water partition coefficient (Wildman–Crippen LogP) is 3.29. The van der Waals surface area contributed by atoms with E-state index in [0.717, 1.165) is 0 Å². The second-order valence-electron chi connectivity index (χ2n) is 6.16. The fraction of sp³-hybridized carbons (Fsp3) is 0. The molecular formula is C22H17ClN4O3. The quantitative estimate of drug-likeness (QED) is 0.444. The Hall–Kier alpha value is -3.97. The van der Waals surface area contributed by atoms with E-state index in [4.69, 9.17) is 17.3 Å². The molecule has 0 unspecified atom stereocenters. The number of carbonyl (C=O) groups is 3. The van der Waals surface area contributed by atoms with Gasteiger partial charge in [0.05, 0.1) is 5.69 Å². The first-order chi connectivity index (χ1) is 14.4. The summed E-state index contributed by atoms with van der Waals surface area (Å²) in [5.74, 6) is -1.61. The molecule has 0 aliphatic rings. The minimum Gasteiger partial charge on any atom is -0.366 e. The van der Waals surface area contributed by atoms with E-state index in [0.29, 0.717) is 27.4 Å². The number of nitrogens with one attached hydrogen (secondary N) is 2. The number of halogens is 1. The number of guanidine groups is 1. The second kappa shape index (κ2) is 9.49. The van der Waals surface area contributed by atoms with Crippen molar-refractivity contribution in [1.82, 2.24) is 10.6 Å². The highest BCUT2D eigenvalue weighted by molar-refractivity contribution is 6.31. The largest absolute Gasteiger partial charge is 0.366 e. The lowest BCUT2D eigenvalue weighted by Gasteiger charge is -2.11. The molecule has 0 bridgehead atoms. The Morgan fingerprint density at radius 1 is 0.733 bits per heavy atom. The van der Waals surface area contributed by atoms with E-state index in [2.05, 4.69) is 15.6 Å². The van der Waals surface area contributed by atoms with Crippen LogP contribution in [0.3, 0.4) is 0 Å². The van der Waals surface area contributed by atoms with Crippen LogP contribution in [0.1, 0.15) is 31.1 Å². The van der Waals surface area contributed by atoms with E-state index in [9.17, 15) is 14.4 Å². The average molecular weight is 421 g/mol. The summed E-state index contributed by atoms with van der Waals surface area (Å²) in [6.45, 7) is 0. The zero-order chi connectivity index (χ0) is 21.5. The zero-order valence-electron chi connectivity index (χ0n) is 15.6. The van der Waals surface area contributed by atoms with Crippen molar-refractivity contribution in [2.75, 3.05) is 0 Å². The number of hydrogen-bond acceptors (Lipinski definition) is 4. The van der Waals surface area contributed by atoms with Gasteiger partial charge >= 0.3 is 0 Å². The van der Waals surface area contributed by atoms with Crippen molar-refractivity contribution in [2.24, 2.45) is 10.7 Å². The normalized spacial score (nSPS) is 10.9. The molecule has 0 heterocycles. The summed E-state index contributed by atoms with van der Waals surface area (Å²) in [7, 11) is 0. The highest BCUT2D eigenvalue weighted by Gasteiger charge is 2.14. The third kappa shape index (κ3) is 5.52. The van der Waals surface area contributed by atoms with Crippen molar-refractivity contribution in [2.45, 2.75) is 0 Å². The molecule has 7 nitrogen and oxygen atoms in total. The SMILES string of the molecule is NC(=O)c1ccc(N=C(NC(=O)c2ccccc2)NC(=O)c2cccc(Cl)c2)cc1. The van der Waals surface area contributed by atoms with E-state index in [1.807, 2.05) is 0 Å². The van der Waals surface area contributed by atoms with Crippen LogP contribution in [0.15, 0.2) is 83.9 Å². The highest BCUT2D eigenvalue weighted by Crippen LogP contribution is 2.14. The summed E-state index contributed by atoms with van der Waals surface area (Å²) in [6, 6.07) is 20.9. The minimum atomic E-state index is -0.572. The lowest BCUT2D eigenvalue weighted by Crippen LogP contribution is -2.43. The van der Waals surface area contributed by atoms with Gasteiger partial charge in [0.2, 0.25) is 11.9 Å². The fourth-order valence-corrected chi connectivity index (χ4v) is 2.69. The Balaban J connectivity index is 1.88. The van der Waals surface area contributed by atoms with E-state index in [1.165, 1.54) is 18.2 Å². The molecule has 3 aromatic rings. The Labute approximate surface area is 177 Å². The van der Waals surface area contributed by atoms with E-state index >= 15 is 0 Å². The summed E-state index contributed by atoms with van der Waals surface area (Å²) in [5.41, 5.74) is 6.64. The molecule has 0 saturated heterocycles. The fourth-order valence-electron chi connectivity index (χ4n) is 2.50. The van der Waals surface area contributed by atoms with Gasteiger partial charge in [-0.15, -0.1) is 0 Å². The Morgan fingerprint density at radius 2 is 1.33 bits per heavy atom. The number of amides is 3. The highest BCUT2D eigenvalue weighted by atomic mass is 35.5. The monoisotopic (exact) mass is 420 g/mol. The number of benzene rings is 3. The van der Waals surface area contributed by atoms with Gasteiger partial charge in [-0.1, -0.05) is 35.9 Å². The van der Waals surface area contributed by atoms with Crippen LogP contribution in [0.2, 0.25) is 5.02 Å². The summed E-state index contributed by atoms with van der Waals surface area (Å²) in [6.07, 6.45) is 0. The predicted molar refractivity (Wildman–Crippen MR) is 115 cm³/mol. The standard InChI is InChI=1S/C22H17ClN4O3/c23-17-8-4-7-16(13-17)21(30)27-22(26-20(29)15-5-2-1-3-6-15)25-18-11-9-14(10-12-18)19(24)28/h1-13H,(H2,24,28)(H2,25,26,27,29,30). The molecule has 3 aromatic carbocycles. The third-order valence-electron chi connectivity index (χ3n) is 3.98. The molecule has 4 N–H and O–H groups in total. The lowest BCUT2D eigenvalue weighted by atomic mass is 10.2. The third-order valence-corrected chi connectivity index (χ3v) is 4.21. The van der Waals surface area contributed by atoms with E-state index < -0.39 is 17.7 Å². The van der Waals surface area contributed by atoms with Crippen molar-refractivity contribution < 1.29 is 14.4 Å². The van der Waals surface area contributed by atoms with Crippen LogP contribution in [-0.4, -0.2) is 23.7 Å². The molecule has 0 spiro atoms. The summed E-state index contributed by atoms with van der Waals surface area (Å²) >= 11 is 5.94. The van der Waals surface area contributed by atoms with Gasteiger partial charge in [-0.25, -0.2) is 4.99 Å². The molecule has 0 saturated carbocycles. The van der Waals surface area contributed by atoms with Gasteiger partial charge in [0.1, 0.15) is 0 Å². The van der Waals surface area contributed by atoms with Crippen LogP contribution in [-0.2, 0) is 0 Å². The van der Waals surface area contributed by atoms with Crippen LogP contribution in [0.4, 0.5) is 5.69 Å². The Kier molecular flexibility index (Phi) is 6.56. The molecule has 0 fully saturated rings. The van der Waals surface area contributed by atoms with Crippen LogP contribution in [0, 0.1) is 0 Å². The molecule has 0 aromatic heterocycles.